The van der Waals surface area contributed by atoms with Crippen LogP contribution in [0.25, 0.3) is 0 Å². The monoisotopic (exact) mass is 250 g/mol. The van der Waals surface area contributed by atoms with Gasteiger partial charge >= 0.3 is 0 Å². The van der Waals surface area contributed by atoms with Crippen LogP contribution in [0.15, 0.2) is 12.1 Å². The van der Waals surface area contributed by atoms with Gasteiger partial charge < -0.3 is 15.7 Å². The van der Waals surface area contributed by atoms with Gasteiger partial charge in [-0.1, -0.05) is 0 Å². The second-order valence-electron chi connectivity index (χ2n) is 4.39. The first-order valence-electron chi connectivity index (χ1n) is 6.04. The van der Waals surface area contributed by atoms with Crippen LogP contribution in [-0.4, -0.2) is 53.6 Å². The highest BCUT2D eigenvalue weighted by Crippen LogP contribution is 2.19. The van der Waals surface area contributed by atoms with Gasteiger partial charge in [-0.25, -0.2) is 4.98 Å². The van der Waals surface area contributed by atoms with Crippen LogP contribution in [0, 0.1) is 6.92 Å². The molecular weight excluding hydrogens is 232 g/mol. The van der Waals surface area contributed by atoms with E-state index in [2.05, 4.69) is 20.5 Å². The van der Waals surface area contributed by atoms with Crippen molar-refractivity contribution in [2.24, 2.45) is 0 Å². The maximum Gasteiger partial charge on any atom is 0.239 e. The molecule has 0 radical (unpaired) electrons. The van der Waals surface area contributed by atoms with E-state index in [1.807, 2.05) is 6.92 Å². The van der Waals surface area contributed by atoms with Crippen molar-refractivity contribution in [3.8, 4) is 5.75 Å². The van der Waals surface area contributed by atoms with Crippen molar-refractivity contribution < 1.29 is 9.90 Å². The van der Waals surface area contributed by atoms with E-state index in [0.717, 1.165) is 31.9 Å². The second-order valence-corrected chi connectivity index (χ2v) is 4.39. The normalized spacial score (nSPS) is 16.5. The molecule has 0 unspecified atom stereocenters. The molecule has 2 rings (SSSR count). The average Bonchev–Trinajstić information content (AvgIpc) is 2.35. The summed E-state index contributed by atoms with van der Waals surface area (Å²) in [4.78, 5) is 18.0. The molecule has 1 amide bonds. The first-order valence-corrected chi connectivity index (χ1v) is 6.04. The zero-order chi connectivity index (χ0) is 13.0. The largest absolute Gasteiger partial charge is 0.504 e. The Balaban J connectivity index is 1.92. The van der Waals surface area contributed by atoms with Gasteiger partial charge in [-0.15, -0.1) is 0 Å². The summed E-state index contributed by atoms with van der Waals surface area (Å²) in [5.41, 5.74) is 0.755. The maximum absolute atomic E-state index is 11.8. The third-order valence-electron chi connectivity index (χ3n) is 2.85. The van der Waals surface area contributed by atoms with Crippen LogP contribution < -0.4 is 10.6 Å². The van der Waals surface area contributed by atoms with E-state index >= 15 is 0 Å². The number of carbonyl (C=O) groups is 1. The van der Waals surface area contributed by atoms with E-state index in [1.54, 1.807) is 6.07 Å². The van der Waals surface area contributed by atoms with E-state index in [-0.39, 0.29) is 17.5 Å². The third-order valence-corrected chi connectivity index (χ3v) is 2.85. The maximum atomic E-state index is 11.8. The number of nitrogens with zero attached hydrogens (tertiary/aromatic N) is 2. The van der Waals surface area contributed by atoms with Gasteiger partial charge in [0.1, 0.15) is 0 Å². The molecule has 1 saturated heterocycles. The summed E-state index contributed by atoms with van der Waals surface area (Å²) in [5.74, 6) is 0.0784. The molecular formula is C12H18N4O2. The van der Waals surface area contributed by atoms with Crippen LogP contribution in [0.1, 0.15) is 5.69 Å². The number of hydrogen-bond acceptors (Lipinski definition) is 5. The lowest BCUT2D eigenvalue weighted by Gasteiger charge is -2.26. The van der Waals surface area contributed by atoms with Crippen LogP contribution in [-0.2, 0) is 4.79 Å². The highest BCUT2D eigenvalue weighted by atomic mass is 16.3. The predicted molar refractivity (Wildman–Crippen MR) is 68.6 cm³/mol. The van der Waals surface area contributed by atoms with Crippen molar-refractivity contribution in [3.63, 3.8) is 0 Å². The summed E-state index contributed by atoms with van der Waals surface area (Å²) in [6.07, 6.45) is 0. The first kappa shape index (κ1) is 12.8. The lowest BCUT2D eigenvalue weighted by Crippen LogP contribution is -2.46. The minimum Gasteiger partial charge on any atom is -0.504 e. The molecule has 0 aromatic carbocycles. The summed E-state index contributed by atoms with van der Waals surface area (Å²) in [6.45, 7) is 5.67. The smallest absolute Gasteiger partial charge is 0.239 e. The minimum absolute atomic E-state index is 0.00531. The molecule has 0 aliphatic carbocycles. The molecule has 1 aliphatic rings. The minimum atomic E-state index is -0.148. The zero-order valence-corrected chi connectivity index (χ0v) is 10.4. The van der Waals surface area contributed by atoms with E-state index in [1.165, 1.54) is 6.07 Å². The van der Waals surface area contributed by atoms with E-state index in [9.17, 15) is 9.90 Å². The Bertz CT molecular complexity index is 430. The Hall–Kier alpha value is -1.66. The number of anilines is 1. The fourth-order valence-corrected chi connectivity index (χ4v) is 1.89. The van der Waals surface area contributed by atoms with Crippen LogP contribution in [0.4, 0.5) is 5.82 Å². The van der Waals surface area contributed by atoms with Gasteiger partial charge in [0.2, 0.25) is 5.91 Å². The van der Waals surface area contributed by atoms with Gasteiger partial charge in [0, 0.05) is 31.9 Å². The second kappa shape index (κ2) is 5.79. The summed E-state index contributed by atoms with van der Waals surface area (Å²) in [6, 6.07) is 3.23. The van der Waals surface area contributed by atoms with Crippen LogP contribution in [0.3, 0.4) is 0 Å². The molecule has 6 heteroatoms. The van der Waals surface area contributed by atoms with Crippen LogP contribution in [0.2, 0.25) is 0 Å². The summed E-state index contributed by atoms with van der Waals surface area (Å²) in [7, 11) is 0. The number of hydrogen-bond donors (Lipinski definition) is 3. The SMILES string of the molecule is Cc1ccc(O)c(NC(=O)CN2CCNCC2)n1. The third kappa shape index (κ3) is 3.41. The molecule has 0 spiro atoms. The number of aryl methyl sites for hydroxylation is 1. The number of amides is 1. The fraction of sp³-hybridized carbons (Fsp3) is 0.500. The highest BCUT2D eigenvalue weighted by molar-refractivity contribution is 5.92. The van der Waals surface area contributed by atoms with Gasteiger partial charge in [-0.3, -0.25) is 9.69 Å². The summed E-state index contributed by atoms with van der Waals surface area (Å²) >= 11 is 0. The molecule has 2 heterocycles. The van der Waals surface area contributed by atoms with Crippen molar-refractivity contribution in [2.75, 3.05) is 38.0 Å². The number of nitrogens with one attached hydrogen (secondary N) is 2. The predicted octanol–water partition coefficient (Wildman–Crippen LogP) is -0.0607. The van der Waals surface area contributed by atoms with Crippen molar-refractivity contribution >= 4 is 11.7 Å². The number of carbonyl (C=O) groups excluding carboxylic acids is 1. The van der Waals surface area contributed by atoms with E-state index in [4.69, 9.17) is 0 Å². The quantitative estimate of drug-likeness (QED) is 0.700. The van der Waals surface area contributed by atoms with Crippen molar-refractivity contribution in [1.82, 2.24) is 15.2 Å². The summed E-state index contributed by atoms with van der Waals surface area (Å²) < 4.78 is 0. The highest BCUT2D eigenvalue weighted by Gasteiger charge is 2.15. The zero-order valence-electron chi connectivity index (χ0n) is 10.4. The van der Waals surface area contributed by atoms with Gasteiger partial charge in [0.05, 0.1) is 6.54 Å². The van der Waals surface area contributed by atoms with Gasteiger partial charge in [-0.05, 0) is 19.1 Å². The molecule has 0 bridgehead atoms. The molecule has 1 fully saturated rings. The average molecular weight is 250 g/mol. The molecule has 1 aromatic rings. The number of pyridine rings is 1. The number of piperazine rings is 1. The number of rotatable bonds is 3. The molecule has 6 nitrogen and oxygen atoms in total. The van der Waals surface area contributed by atoms with Gasteiger partial charge in [0.25, 0.3) is 0 Å². The molecule has 0 atom stereocenters. The summed E-state index contributed by atoms with van der Waals surface area (Å²) in [5, 5.41) is 15.5. The van der Waals surface area contributed by atoms with Crippen molar-refractivity contribution in [1.29, 1.82) is 0 Å². The van der Waals surface area contributed by atoms with Gasteiger partial charge in [-0.2, -0.15) is 0 Å². The standard InChI is InChI=1S/C12H18N4O2/c1-9-2-3-10(17)12(14-9)15-11(18)8-16-6-4-13-5-7-16/h2-3,13,17H,4-8H2,1H3,(H,14,15,18). The van der Waals surface area contributed by atoms with Gasteiger partial charge in [0.15, 0.2) is 11.6 Å². The Morgan fingerprint density at radius 1 is 1.50 bits per heavy atom. The van der Waals surface area contributed by atoms with Crippen LogP contribution >= 0.6 is 0 Å². The fourth-order valence-electron chi connectivity index (χ4n) is 1.89. The molecule has 0 saturated carbocycles. The Morgan fingerprint density at radius 2 is 2.22 bits per heavy atom. The lowest BCUT2D eigenvalue weighted by molar-refractivity contribution is -0.117. The van der Waals surface area contributed by atoms with Crippen molar-refractivity contribution in [3.05, 3.63) is 17.8 Å². The van der Waals surface area contributed by atoms with E-state index < -0.39 is 0 Å². The number of aromatic hydroxyl groups is 1. The van der Waals surface area contributed by atoms with Crippen LogP contribution in [0.5, 0.6) is 5.75 Å². The Kier molecular flexibility index (Phi) is 4.11. The van der Waals surface area contributed by atoms with Crippen molar-refractivity contribution in [2.45, 2.75) is 6.92 Å². The molecule has 18 heavy (non-hydrogen) atoms. The number of aromatic nitrogens is 1. The lowest BCUT2D eigenvalue weighted by atomic mass is 10.3. The topological polar surface area (TPSA) is 77.5 Å². The Labute approximate surface area is 106 Å². The molecule has 1 aromatic heterocycles. The molecule has 98 valence electrons. The molecule has 1 aliphatic heterocycles. The van der Waals surface area contributed by atoms with E-state index in [0.29, 0.717) is 6.54 Å². The first-order chi connectivity index (χ1) is 8.65. The Morgan fingerprint density at radius 3 is 2.94 bits per heavy atom. The molecule has 3 N–H and O–H groups in total.